The van der Waals surface area contributed by atoms with E-state index in [1.54, 1.807) is 6.20 Å². The van der Waals surface area contributed by atoms with E-state index in [4.69, 9.17) is 0 Å². The molecule has 0 saturated carbocycles. The van der Waals surface area contributed by atoms with Crippen LogP contribution in [-0.4, -0.2) is 29.4 Å². The number of hydrogen-bond acceptors (Lipinski definition) is 3. The fraction of sp³-hybridized carbons (Fsp3) is 0.333. The highest BCUT2D eigenvalue weighted by Crippen LogP contribution is 2.22. The summed E-state index contributed by atoms with van der Waals surface area (Å²) in [4.78, 5) is 19.2. The first kappa shape index (κ1) is 16.1. The minimum absolute atomic E-state index is 0.112. The minimum Gasteiger partial charge on any atom is -0.321 e. The maximum Gasteiger partial charge on any atom is 0.255 e. The molecule has 2 aromatic rings. The zero-order chi connectivity index (χ0) is 16.4. The van der Waals surface area contributed by atoms with Gasteiger partial charge < -0.3 is 10.2 Å². The van der Waals surface area contributed by atoms with Gasteiger partial charge in [0.05, 0.1) is 11.9 Å². The van der Waals surface area contributed by atoms with Crippen LogP contribution in [0.4, 0.5) is 5.69 Å². The fourth-order valence-electron chi connectivity index (χ4n) is 2.81. The Morgan fingerprint density at radius 1 is 1.39 bits per heavy atom. The van der Waals surface area contributed by atoms with Gasteiger partial charge in [-0.1, -0.05) is 28.9 Å². The van der Waals surface area contributed by atoms with Crippen molar-refractivity contribution >= 4 is 27.5 Å². The molecule has 0 unspecified atom stereocenters. The van der Waals surface area contributed by atoms with Gasteiger partial charge in [0.25, 0.3) is 5.91 Å². The molecule has 1 aliphatic rings. The average Bonchev–Trinajstić information content (AvgIpc) is 2.54. The lowest BCUT2D eigenvalue weighted by Crippen LogP contribution is -2.27. The predicted octanol–water partition coefficient (Wildman–Crippen LogP) is 3.65. The lowest BCUT2D eigenvalue weighted by molar-refractivity contribution is 0.102. The summed E-state index contributed by atoms with van der Waals surface area (Å²) in [6.07, 6.45) is 3.65. The summed E-state index contributed by atoms with van der Waals surface area (Å²) in [6.45, 7) is 4.00. The van der Waals surface area contributed by atoms with Crippen molar-refractivity contribution in [3.8, 4) is 0 Å². The summed E-state index contributed by atoms with van der Waals surface area (Å²) in [5, 5.41) is 2.95. The number of likely N-dealkylation sites (N-methyl/N-ethyl adjacent to an activating group) is 1. The van der Waals surface area contributed by atoms with Gasteiger partial charge in [0.1, 0.15) is 0 Å². The maximum absolute atomic E-state index is 12.4. The Hall–Kier alpha value is -1.72. The first-order valence-corrected chi connectivity index (χ1v) is 8.62. The van der Waals surface area contributed by atoms with E-state index in [9.17, 15) is 4.79 Å². The van der Waals surface area contributed by atoms with Gasteiger partial charge in [-0.2, -0.15) is 0 Å². The first-order chi connectivity index (χ1) is 11.1. The second kappa shape index (κ2) is 6.81. The van der Waals surface area contributed by atoms with Gasteiger partial charge >= 0.3 is 0 Å². The number of rotatable bonds is 3. The average molecular weight is 374 g/mol. The molecule has 1 aliphatic heterocycles. The van der Waals surface area contributed by atoms with Crippen molar-refractivity contribution in [1.29, 1.82) is 0 Å². The van der Waals surface area contributed by atoms with Crippen LogP contribution in [0.25, 0.3) is 0 Å². The van der Waals surface area contributed by atoms with E-state index < -0.39 is 0 Å². The van der Waals surface area contributed by atoms with Crippen molar-refractivity contribution in [2.24, 2.45) is 0 Å². The molecule has 0 aliphatic carbocycles. The van der Waals surface area contributed by atoms with Gasteiger partial charge in [0.2, 0.25) is 0 Å². The molecular weight excluding hydrogens is 354 g/mol. The van der Waals surface area contributed by atoms with Crippen LogP contribution in [0.2, 0.25) is 0 Å². The highest BCUT2D eigenvalue weighted by atomic mass is 79.9. The number of nitrogens with zero attached hydrogens (tertiary/aromatic N) is 2. The zero-order valence-corrected chi connectivity index (χ0v) is 15.0. The molecule has 0 radical (unpaired) electrons. The second-order valence-corrected chi connectivity index (χ2v) is 6.79. The van der Waals surface area contributed by atoms with Crippen LogP contribution in [-0.2, 0) is 19.4 Å². The van der Waals surface area contributed by atoms with E-state index in [2.05, 4.69) is 45.1 Å². The largest absolute Gasteiger partial charge is 0.321 e. The van der Waals surface area contributed by atoms with Crippen LogP contribution in [0.3, 0.4) is 0 Å². The maximum atomic E-state index is 12.4. The number of benzene rings is 1. The molecule has 0 saturated heterocycles. The monoisotopic (exact) mass is 373 g/mol. The normalized spacial score (nSPS) is 14.4. The number of amides is 1. The van der Waals surface area contributed by atoms with Gasteiger partial charge in [-0.25, -0.2) is 0 Å². The van der Waals surface area contributed by atoms with E-state index in [0.717, 1.165) is 41.8 Å². The van der Waals surface area contributed by atoms with Crippen molar-refractivity contribution in [2.45, 2.75) is 26.3 Å². The highest BCUT2D eigenvalue weighted by Gasteiger charge is 2.16. The molecule has 1 aromatic carbocycles. The van der Waals surface area contributed by atoms with E-state index in [1.807, 2.05) is 24.3 Å². The molecular formula is C18H20BrN3O. The summed E-state index contributed by atoms with van der Waals surface area (Å²) in [5.74, 6) is -0.112. The van der Waals surface area contributed by atoms with Gasteiger partial charge in [-0.3, -0.25) is 9.78 Å². The molecule has 1 aromatic heterocycles. The number of nitrogens with one attached hydrogen (secondary N) is 1. The molecule has 1 N–H and O–H groups in total. The van der Waals surface area contributed by atoms with Crippen LogP contribution in [0.5, 0.6) is 0 Å². The van der Waals surface area contributed by atoms with Crippen molar-refractivity contribution in [2.75, 3.05) is 18.9 Å². The summed E-state index contributed by atoms with van der Waals surface area (Å²) in [7, 11) is 2.10. The Morgan fingerprint density at radius 2 is 2.22 bits per heavy atom. The Kier molecular flexibility index (Phi) is 4.78. The molecule has 0 bridgehead atoms. The Morgan fingerprint density at radius 3 is 2.96 bits per heavy atom. The number of aromatic nitrogens is 1. The van der Waals surface area contributed by atoms with Crippen molar-refractivity contribution in [3.63, 3.8) is 0 Å². The van der Waals surface area contributed by atoms with Crippen LogP contribution in [0, 0.1) is 0 Å². The van der Waals surface area contributed by atoms with Crippen molar-refractivity contribution < 1.29 is 4.79 Å². The van der Waals surface area contributed by atoms with Crippen LogP contribution in [0.15, 0.2) is 34.9 Å². The van der Waals surface area contributed by atoms with E-state index in [-0.39, 0.29) is 5.91 Å². The molecule has 120 valence electrons. The van der Waals surface area contributed by atoms with Crippen LogP contribution in [0.1, 0.15) is 34.1 Å². The van der Waals surface area contributed by atoms with Crippen LogP contribution < -0.4 is 5.32 Å². The Bertz CT molecular complexity index is 745. The van der Waals surface area contributed by atoms with Crippen molar-refractivity contribution in [3.05, 3.63) is 57.3 Å². The lowest BCUT2D eigenvalue weighted by Gasteiger charge is -2.24. The SMILES string of the molecule is CCc1ccc(C(=O)Nc2cnc3c(c2)CN(C)CC3)cc1Br. The summed E-state index contributed by atoms with van der Waals surface area (Å²) >= 11 is 3.52. The van der Waals surface area contributed by atoms with Crippen molar-refractivity contribution in [1.82, 2.24) is 9.88 Å². The third kappa shape index (κ3) is 3.62. The number of hydrogen-bond donors (Lipinski definition) is 1. The number of pyridine rings is 1. The number of fused-ring (bicyclic) bond motifs is 1. The smallest absolute Gasteiger partial charge is 0.255 e. The number of anilines is 1. The number of halogens is 1. The standard InChI is InChI=1S/C18H20BrN3O/c1-3-12-4-5-13(9-16(12)19)18(23)21-15-8-14-11-22(2)7-6-17(14)20-10-15/h4-5,8-10H,3,6-7,11H2,1-2H3,(H,21,23). The zero-order valence-electron chi connectivity index (χ0n) is 13.4. The Balaban J connectivity index is 1.78. The summed E-state index contributed by atoms with van der Waals surface area (Å²) in [5.41, 5.74) is 4.92. The fourth-order valence-corrected chi connectivity index (χ4v) is 3.47. The van der Waals surface area contributed by atoms with Crippen LogP contribution >= 0.6 is 15.9 Å². The van der Waals surface area contributed by atoms with Gasteiger partial charge in [0, 0.05) is 35.2 Å². The molecule has 5 heteroatoms. The summed E-state index contributed by atoms with van der Waals surface area (Å²) in [6, 6.07) is 7.75. The molecule has 3 rings (SSSR count). The molecule has 1 amide bonds. The number of carbonyl (C=O) groups excluding carboxylic acids is 1. The van der Waals surface area contributed by atoms with E-state index in [1.165, 1.54) is 11.1 Å². The molecule has 2 heterocycles. The summed E-state index contributed by atoms with van der Waals surface area (Å²) < 4.78 is 0.970. The number of carbonyl (C=O) groups is 1. The van der Waals surface area contributed by atoms with Gasteiger partial charge in [-0.05, 0) is 42.8 Å². The third-order valence-electron chi connectivity index (χ3n) is 4.18. The second-order valence-electron chi connectivity index (χ2n) is 5.93. The molecule has 23 heavy (non-hydrogen) atoms. The number of aryl methyl sites for hydroxylation is 1. The van der Waals surface area contributed by atoms with E-state index >= 15 is 0 Å². The van der Waals surface area contributed by atoms with Gasteiger partial charge in [-0.15, -0.1) is 0 Å². The lowest BCUT2D eigenvalue weighted by atomic mass is 10.1. The topological polar surface area (TPSA) is 45.2 Å². The minimum atomic E-state index is -0.112. The predicted molar refractivity (Wildman–Crippen MR) is 95.7 cm³/mol. The molecule has 0 fully saturated rings. The third-order valence-corrected chi connectivity index (χ3v) is 4.92. The Labute approximate surface area is 145 Å². The van der Waals surface area contributed by atoms with Gasteiger partial charge in [0.15, 0.2) is 0 Å². The first-order valence-electron chi connectivity index (χ1n) is 7.83. The quantitative estimate of drug-likeness (QED) is 0.892. The molecule has 0 atom stereocenters. The molecule has 0 spiro atoms. The molecule has 4 nitrogen and oxygen atoms in total. The highest BCUT2D eigenvalue weighted by molar-refractivity contribution is 9.10. The van der Waals surface area contributed by atoms with E-state index in [0.29, 0.717) is 5.56 Å².